The van der Waals surface area contributed by atoms with Gasteiger partial charge in [0, 0.05) is 32.7 Å². The Kier molecular flexibility index (Phi) is 6.50. The van der Waals surface area contributed by atoms with Gasteiger partial charge in [0.25, 0.3) is 0 Å². The van der Waals surface area contributed by atoms with Crippen LogP contribution in [0.1, 0.15) is 18.4 Å². The Morgan fingerprint density at radius 1 is 0.909 bits per heavy atom. The van der Waals surface area contributed by atoms with Crippen molar-refractivity contribution in [2.75, 3.05) is 32.7 Å². The van der Waals surface area contributed by atoms with E-state index in [1.807, 2.05) is 0 Å². The minimum atomic E-state index is -3.91. The van der Waals surface area contributed by atoms with Gasteiger partial charge in [-0.25, -0.2) is 16.8 Å². The monoisotopic (exact) mass is 493 g/mol. The second-order valence-electron chi connectivity index (χ2n) is 8.29. The number of aromatic hydroxyl groups is 1. The molecule has 0 saturated carbocycles. The molecule has 0 bridgehead atoms. The SMILES string of the molecule is Cc1ccc(O)c(S(=O)(=O)N2CCN(C(=O)C3CCCN3S(=O)(=O)c3ccccc3)CC2)c1. The fourth-order valence-electron chi connectivity index (χ4n) is 4.33. The topological polar surface area (TPSA) is 115 Å². The molecule has 1 N–H and O–H groups in total. The van der Waals surface area contributed by atoms with Crippen LogP contribution in [0.3, 0.4) is 0 Å². The number of piperazine rings is 1. The molecule has 2 aliphatic heterocycles. The van der Waals surface area contributed by atoms with Crippen LogP contribution in [0.4, 0.5) is 0 Å². The minimum Gasteiger partial charge on any atom is -0.507 e. The summed E-state index contributed by atoms with van der Waals surface area (Å²) in [6, 6.07) is 11.7. The Hall–Kier alpha value is -2.47. The second-order valence-corrected chi connectivity index (χ2v) is 12.1. The Bertz CT molecular complexity index is 1240. The van der Waals surface area contributed by atoms with Gasteiger partial charge in [-0.05, 0) is 49.6 Å². The number of amides is 1. The van der Waals surface area contributed by atoms with Crippen LogP contribution in [0.25, 0.3) is 0 Å². The highest BCUT2D eigenvalue weighted by Crippen LogP contribution is 2.29. The van der Waals surface area contributed by atoms with Crippen molar-refractivity contribution in [3.05, 3.63) is 54.1 Å². The van der Waals surface area contributed by atoms with Crippen molar-refractivity contribution < 1.29 is 26.7 Å². The molecule has 0 aliphatic carbocycles. The molecular formula is C22H27N3O6S2. The molecule has 0 spiro atoms. The predicted octanol–water partition coefficient (Wildman–Crippen LogP) is 1.39. The van der Waals surface area contributed by atoms with Gasteiger partial charge in [-0.3, -0.25) is 4.79 Å². The lowest BCUT2D eigenvalue weighted by molar-refractivity contribution is -0.135. The first-order valence-electron chi connectivity index (χ1n) is 10.8. The summed E-state index contributed by atoms with van der Waals surface area (Å²) in [5.74, 6) is -0.616. The van der Waals surface area contributed by atoms with Gasteiger partial charge in [-0.1, -0.05) is 24.3 Å². The third-order valence-electron chi connectivity index (χ3n) is 6.12. The van der Waals surface area contributed by atoms with E-state index in [2.05, 4.69) is 0 Å². The predicted molar refractivity (Wildman–Crippen MR) is 122 cm³/mol. The molecule has 2 aromatic rings. The lowest BCUT2D eigenvalue weighted by Crippen LogP contribution is -2.55. The molecule has 178 valence electrons. The van der Waals surface area contributed by atoms with Gasteiger partial charge in [0.05, 0.1) is 4.90 Å². The molecule has 2 aromatic carbocycles. The first-order chi connectivity index (χ1) is 15.6. The number of carbonyl (C=O) groups excluding carboxylic acids is 1. The normalized spacial score (nSPS) is 20.8. The largest absolute Gasteiger partial charge is 0.507 e. The molecule has 33 heavy (non-hydrogen) atoms. The van der Waals surface area contributed by atoms with E-state index in [4.69, 9.17) is 0 Å². The standard InChI is InChI=1S/C22H27N3O6S2/c1-17-9-10-20(26)21(16-17)33(30,31)24-14-12-23(13-15-24)22(27)19-8-5-11-25(19)32(28,29)18-6-3-2-4-7-18/h2-4,6-7,9-10,16,19,26H,5,8,11-15H2,1H3. The second kappa shape index (κ2) is 9.05. The van der Waals surface area contributed by atoms with Crippen molar-refractivity contribution in [1.29, 1.82) is 0 Å². The molecule has 1 amide bonds. The van der Waals surface area contributed by atoms with Crippen molar-refractivity contribution in [3.63, 3.8) is 0 Å². The van der Waals surface area contributed by atoms with E-state index >= 15 is 0 Å². The highest BCUT2D eigenvalue weighted by Gasteiger charge is 2.42. The summed E-state index contributed by atoms with van der Waals surface area (Å²) in [6.07, 6.45) is 1.02. The third kappa shape index (κ3) is 4.50. The van der Waals surface area contributed by atoms with Gasteiger partial charge < -0.3 is 10.0 Å². The van der Waals surface area contributed by atoms with Crippen LogP contribution in [-0.2, 0) is 24.8 Å². The van der Waals surface area contributed by atoms with Crippen LogP contribution in [0.2, 0.25) is 0 Å². The van der Waals surface area contributed by atoms with Gasteiger partial charge >= 0.3 is 0 Å². The van der Waals surface area contributed by atoms with Crippen LogP contribution in [-0.4, -0.2) is 80.1 Å². The van der Waals surface area contributed by atoms with E-state index < -0.39 is 26.1 Å². The first kappa shape index (κ1) is 23.7. The Morgan fingerprint density at radius 3 is 2.24 bits per heavy atom. The number of benzene rings is 2. The van der Waals surface area contributed by atoms with Gasteiger partial charge in [0.15, 0.2) is 0 Å². The zero-order valence-corrected chi connectivity index (χ0v) is 19.9. The van der Waals surface area contributed by atoms with Crippen molar-refractivity contribution in [2.24, 2.45) is 0 Å². The summed E-state index contributed by atoms with van der Waals surface area (Å²) in [6.45, 7) is 2.46. The molecule has 1 unspecified atom stereocenters. The molecule has 11 heteroatoms. The number of carbonyl (C=O) groups is 1. The smallest absolute Gasteiger partial charge is 0.246 e. The van der Waals surface area contributed by atoms with Crippen molar-refractivity contribution in [3.8, 4) is 5.75 Å². The van der Waals surface area contributed by atoms with E-state index in [0.717, 1.165) is 0 Å². The highest BCUT2D eigenvalue weighted by atomic mass is 32.2. The van der Waals surface area contributed by atoms with E-state index in [1.54, 1.807) is 31.2 Å². The number of hydrogen-bond acceptors (Lipinski definition) is 6. The maximum absolute atomic E-state index is 13.2. The first-order valence-corrected chi connectivity index (χ1v) is 13.7. The Morgan fingerprint density at radius 2 is 1.58 bits per heavy atom. The average molecular weight is 494 g/mol. The number of phenols is 1. The van der Waals surface area contributed by atoms with Crippen LogP contribution in [0, 0.1) is 6.92 Å². The molecule has 9 nitrogen and oxygen atoms in total. The van der Waals surface area contributed by atoms with Crippen LogP contribution in [0.5, 0.6) is 5.75 Å². The number of aryl methyl sites for hydroxylation is 1. The molecule has 0 aromatic heterocycles. The van der Waals surface area contributed by atoms with Crippen molar-refractivity contribution in [1.82, 2.24) is 13.5 Å². The van der Waals surface area contributed by atoms with Crippen LogP contribution in [0.15, 0.2) is 58.3 Å². The highest BCUT2D eigenvalue weighted by molar-refractivity contribution is 7.89. The quantitative estimate of drug-likeness (QED) is 0.673. The number of sulfonamides is 2. The number of phenolic OH excluding ortho intramolecular Hbond substituents is 1. The Labute approximate surface area is 194 Å². The molecule has 4 rings (SSSR count). The fourth-order valence-corrected chi connectivity index (χ4v) is 7.59. The van der Waals surface area contributed by atoms with Crippen LogP contribution < -0.4 is 0 Å². The van der Waals surface area contributed by atoms with Crippen molar-refractivity contribution in [2.45, 2.75) is 35.6 Å². The molecule has 2 saturated heterocycles. The molecule has 2 fully saturated rings. The molecule has 2 aliphatic rings. The zero-order valence-electron chi connectivity index (χ0n) is 18.3. The van der Waals surface area contributed by atoms with Crippen LogP contribution >= 0.6 is 0 Å². The minimum absolute atomic E-state index is 0.0691. The summed E-state index contributed by atoms with van der Waals surface area (Å²) in [4.78, 5) is 14.8. The number of nitrogens with zero attached hydrogens (tertiary/aromatic N) is 3. The number of rotatable bonds is 5. The van der Waals surface area contributed by atoms with Gasteiger partial charge in [-0.15, -0.1) is 0 Å². The van der Waals surface area contributed by atoms with E-state index in [1.165, 1.54) is 37.8 Å². The van der Waals surface area contributed by atoms with E-state index in [9.17, 15) is 26.7 Å². The summed E-state index contributed by atoms with van der Waals surface area (Å²) in [5.41, 5.74) is 0.709. The molecule has 2 heterocycles. The molecule has 0 radical (unpaired) electrons. The maximum Gasteiger partial charge on any atom is 0.246 e. The van der Waals surface area contributed by atoms with Gasteiger partial charge in [0.2, 0.25) is 26.0 Å². The molecular weight excluding hydrogens is 466 g/mol. The average Bonchev–Trinajstić information content (AvgIpc) is 3.32. The number of hydrogen-bond donors (Lipinski definition) is 1. The fraction of sp³-hybridized carbons (Fsp3) is 0.409. The lowest BCUT2D eigenvalue weighted by atomic mass is 10.2. The maximum atomic E-state index is 13.2. The summed E-state index contributed by atoms with van der Waals surface area (Å²) in [5, 5.41) is 10.1. The zero-order chi connectivity index (χ0) is 23.8. The molecule has 1 atom stereocenters. The van der Waals surface area contributed by atoms with Gasteiger partial charge in [-0.2, -0.15) is 8.61 Å². The lowest BCUT2D eigenvalue weighted by Gasteiger charge is -2.36. The summed E-state index contributed by atoms with van der Waals surface area (Å²) < 4.78 is 54.7. The third-order valence-corrected chi connectivity index (χ3v) is 9.97. The summed E-state index contributed by atoms with van der Waals surface area (Å²) >= 11 is 0. The Balaban J connectivity index is 1.47. The van der Waals surface area contributed by atoms with Gasteiger partial charge in [0.1, 0.15) is 16.7 Å². The van der Waals surface area contributed by atoms with Crippen molar-refractivity contribution >= 4 is 26.0 Å². The van der Waals surface area contributed by atoms with E-state index in [-0.39, 0.29) is 54.2 Å². The van der Waals surface area contributed by atoms with E-state index in [0.29, 0.717) is 18.4 Å². The summed E-state index contributed by atoms with van der Waals surface area (Å²) in [7, 11) is -7.71.